The van der Waals surface area contributed by atoms with Gasteiger partial charge in [-0.25, -0.2) is 0 Å². The van der Waals surface area contributed by atoms with Crippen LogP contribution in [-0.2, 0) is 12.8 Å². The number of rotatable bonds is 14. The summed E-state index contributed by atoms with van der Waals surface area (Å²) in [4.78, 5) is 3.93. The third-order valence-corrected chi connectivity index (χ3v) is 4.47. The van der Waals surface area contributed by atoms with E-state index in [9.17, 15) is 5.11 Å². The molecule has 0 saturated heterocycles. The molecule has 150 valence electrons. The van der Waals surface area contributed by atoms with Gasteiger partial charge in [-0.2, -0.15) is 0 Å². The lowest BCUT2D eigenvalue weighted by Gasteiger charge is -2.22. The number of aromatic hydroxyl groups is 1. The third kappa shape index (κ3) is 7.99. The van der Waals surface area contributed by atoms with Crippen LogP contribution in [0.3, 0.4) is 0 Å². The van der Waals surface area contributed by atoms with Gasteiger partial charge in [0.05, 0.1) is 26.4 Å². The molecule has 0 spiro atoms. The van der Waals surface area contributed by atoms with Crippen molar-refractivity contribution in [1.29, 1.82) is 0 Å². The van der Waals surface area contributed by atoms with E-state index >= 15 is 0 Å². The van der Waals surface area contributed by atoms with E-state index in [4.69, 9.17) is 20.4 Å². The maximum absolute atomic E-state index is 10.6. The molecule has 0 aliphatic carbocycles. The van der Waals surface area contributed by atoms with Gasteiger partial charge in [0.2, 0.25) is 0 Å². The van der Waals surface area contributed by atoms with Crippen LogP contribution in [0.1, 0.15) is 16.7 Å². The van der Waals surface area contributed by atoms with Gasteiger partial charge in [0.1, 0.15) is 5.75 Å². The van der Waals surface area contributed by atoms with Crippen LogP contribution in [0.2, 0.25) is 0 Å². The van der Waals surface area contributed by atoms with Crippen LogP contribution in [0.5, 0.6) is 5.75 Å². The topological polar surface area (TPSA) is 108 Å². The number of aliphatic hydroxyl groups excluding tert-OH is 4. The minimum atomic E-state index is 0.0383. The lowest BCUT2D eigenvalue weighted by molar-refractivity contribution is 0.162. The molecule has 1 aromatic rings. The number of phenolic OH excluding ortho intramolecular Hbond substituents is 1. The molecule has 0 heterocycles. The fraction of sp³-hybridized carbons (Fsp3) is 0.684. The molecule has 0 unspecified atom stereocenters. The summed E-state index contributed by atoms with van der Waals surface area (Å²) >= 11 is 0. The first-order chi connectivity index (χ1) is 12.5. The molecular formula is C19H34N2O5. The summed E-state index contributed by atoms with van der Waals surface area (Å²) in [6.07, 6.45) is 1.27. The van der Waals surface area contributed by atoms with Crippen LogP contribution in [0.25, 0.3) is 0 Å². The molecule has 7 heteroatoms. The zero-order valence-corrected chi connectivity index (χ0v) is 15.8. The number of aryl methyl sites for hydroxylation is 1. The molecule has 0 aliphatic rings. The Labute approximate surface area is 156 Å². The summed E-state index contributed by atoms with van der Waals surface area (Å²) in [5, 5.41) is 47.0. The molecule has 1 aromatic carbocycles. The lowest BCUT2D eigenvalue weighted by atomic mass is 10.00. The normalized spacial score (nSPS) is 11.7. The molecule has 5 N–H and O–H groups in total. The largest absolute Gasteiger partial charge is 0.507 e. The summed E-state index contributed by atoms with van der Waals surface area (Å²) in [5.41, 5.74) is 2.79. The summed E-state index contributed by atoms with van der Waals surface area (Å²) in [5.74, 6) is 0.288. The highest BCUT2D eigenvalue weighted by atomic mass is 16.3. The second-order valence-corrected chi connectivity index (χ2v) is 6.51. The molecule has 0 bridgehead atoms. The van der Waals surface area contributed by atoms with Gasteiger partial charge in [-0.1, -0.05) is 17.7 Å². The molecule has 26 heavy (non-hydrogen) atoms. The Bertz CT molecular complexity index is 460. The Kier molecular flexibility index (Phi) is 11.4. The molecule has 1 rings (SSSR count). The number of phenols is 1. The van der Waals surface area contributed by atoms with Crippen molar-refractivity contribution in [2.75, 3.05) is 65.7 Å². The monoisotopic (exact) mass is 370 g/mol. The average molecular weight is 370 g/mol. The maximum Gasteiger partial charge on any atom is 0.122 e. The predicted molar refractivity (Wildman–Crippen MR) is 101 cm³/mol. The van der Waals surface area contributed by atoms with Crippen molar-refractivity contribution in [3.05, 3.63) is 28.8 Å². The maximum atomic E-state index is 10.6. The van der Waals surface area contributed by atoms with Crippen LogP contribution >= 0.6 is 0 Å². The minimum Gasteiger partial charge on any atom is -0.507 e. The van der Waals surface area contributed by atoms with E-state index in [-0.39, 0.29) is 32.2 Å². The van der Waals surface area contributed by atoms with Crippen LogP contribution in [0.4, 0.5) is 0 Å². The Morgan fingerprint density at radius 1 is 0.654 bits per heavy atom. The predicted octanol–water partition coefficient (Wildman–Crippen LogP) is -0.641. The number of nitrogens with zero attached hydrogens (tertiary/aromatic N) is 2. The highest BCUT2D eigenvalue weighted by Gasteiger charge is 2.12. The zero-order chi connectivity index (χ0) is 19.4. The summed E-state index contributed by atoms with van der Waals surface area (Å²) in [6.45, 7) is 5.44. The quantitative estimate of drug-likeness (QED) is 0.296. The molecular weight excluding hydrogens is 336 g/mol. The molecule has 0 saturated carbocycles. The van der Waals surface area contributed by atoms with Crippen LogP contribution in [0.15, 0.2) is 12.1 Å². The molecule has 0 atom stereocenters. The number of aliphatic hydroxyl groups is 4. The number of hydrogen-bond acceptors (Lipinski definition) is 7. The van der Waals surface area contributed by atoms with Gasteiger partial charge < -0.3 is 25.5 Å². The van der Waals surface area contributed by atoms with Crippen molar-refractivity contribution in [3.8, 4) is 5.75 Å². The summed E-state index contributed by atoms with van der Waals surface area (Å²) in [6, 6.07) is 3.93. The van der Waals surface area contributed by atoms with Crippen LogP contribution in [-0.4, -0.2) is 101 Å². The Morgan fingerprint density at radius 2 is 1.00 bits per heavy atom. The smallest absolute Gasteiger partial charge is 0.122 e. The standard InChI is InChI=1S/C19H34N2O5/c1-16-14-17(2-4-20(6-10-22)7-11-23)19(26)18(15-16)3-5-21(8-12-24)9-13-25/h14-15,22-26H,2-13H2,1H3. The Hall–Kier alpha value is -1.22. The van der Waals surface area contributed by atoms with Gasteiger partial charge in [-0.05, 0) is 30.9 Å². The van der Waals surface area contributed by atoms with E-state index < -0.39 is 0 Å². The van der Waals surface area contributed by atoms with Gasteiger partial charge in [0, 0.05) is 39.3 Å². The van der Waals surface area contributed by atoms with Gasteiger partial charge in [0.15, 0.2) is 0 Å². The fourth-order valence-corrected chi connectivity index (χ4v) is 3.11. The second kappa shape index (κ2) is 13.0. The van der Waals surface area contributed by atoms with Crippen LogP contribution in [0, 0.1) is 6.92 Å². The van der Waals surface area contributed by atoms with E-state index in [0.29, 0.717) is 52.1 Å². The second-order valence-electron chi connectivity index (χ2n) is 6.51. The van der Waals surface area contributed by atoms with E-state index in [2.05, 4.69) is 0 Å². The van der Waals surface area contributed by atoms with Gasteiger partial charge in [-0.15, -0.1) is 0 Å². The van der Waals surface area contributed by atoms with Crippen molar-refractivity contribution >= 4 is 0 Å². The Morgan fingerprint density at radius 3 is 1.31 bits per heavy atom. The van der Waals surface area contributed by atoms with Crippen LogP contribution < -0.4 is 0 Å². The SMILES string of the molecule is Cc1cc(CCN(CCO)CCO)c(O)c(CCN(CCO)CCO)c1. The highest BCUT2D eigenvalue weighted by molar-refractivity contribution is 5.44. The minimum absolute atomic E-state index is 0.0383. The Balaban J connectivity index is 2.76. The fourth-order valence-electron chi connectivity index (χ4n) is 3.11. The van der Waals surface area contributed by atoms with Crippen molar-refractivity contribution in [1.82, 2.24) is 9.80 Å². The van der Waals surface area contributed by atoms with E-state index in [1.165, 1.54) is 0 Å². The number of benzene rings is 1. The summed E-state index contributed by atoms with van der Waals surface area (Å²) < 4.78 is 0. The first-order valence-electron chi connectivity index (χ1n) is 9.25. The molecule has 0 aromatic heterocycles. The molecule has 0 amide bonds. The summed E-state index contributed by atoms with van der Waals surface area (Å²) in [7, 11) is 0. The first-order valence-corrected chi connectivity index (χ1v) is 9.25. The van der Waals surface area contributed by atoms with Crippen molar-refractivity contribution in [2.45, 2.75) is 19.8 Å². The van der Waals surface area contributed by atoms with Gasteiger partial charge in [-0.3, -0.25) is 9.80 Å². The first kappa shape index (κ1) is 22.8. The zero-order valence-electron chi connectivity index (χ0n) is 15.8. The average Bonchev–Trinajstić information content (AvgIpc) is 2.61. The van der Waals surface area contributed by atoms with Crippen molar-refractivity contribution < 1.29 is 25.5 Å². The molecule has 0 radical (unpaired) electrons. The van der Waals surface area contributed by atoms with Crippen molar-refractivity contribution in [3.63, 3.8) is 0 Å². The molecule has 7 nitrogen and oxygen atoms in total. The highest BCUT2D eigenvalue weighted by Crippen LogP contribution is 2.26. The van der Waals surface area contributed by atoms with E-state index in [1.54, 1.807) is 0 Å². The van der Waals surface area contributed by atoms with E-state index in [0.717, 1.165) is 16.7 Å². The van der Waals surface area contributed by atoms with E-state index in [1.807, 2.05) is 28.9 Å². The van der Waals surface area contributed by atoms with Gasteiger partial charge >= 0.3 is 0 Å². The lowest BCUT2D eigenvalue weighted by Crippen LogP contribution is -2.32. The molecule has 0 fully saturated rings. The third-order valence-electron chi connectivity index (χ3n) is 4.47. The van der Waals surface area contributed by atoms with Crippen molar-refractivity contribution in [2.24, 2.45) is 0 Å². The van der Waals surface area contributed by atoms with Gasteiger partial charge in [0.25, 0.3) is 0 Å². The molecule has 0 aliphatic heterocycles. The number of hydrogen-bond donors (Lipinski definition) is 5.